The largest absolute Gasteiger partial charge is 0.460 e. The van der Waals surface area contributed by atoms with Gasteiger partial charge in [0.1, 0.15) is 5.60 Å². The summed E-state index contributed by atoms with van der Waals surface area (Å²) in [7, 11) is -2.94. The lowest BCUT2D eigenvalue weighted by Crippen LogP contribution is -2.32. The predicted molar refractivity (Wildman–Crippen MR) is 171 cm³/mol. The molecule has 42 heavy (non-hydrogen) atoms. The molecule has 0 spiro atoms. The number of hydrogen-bond donors (Lipinski definition) is 1. The van der Waals surface area contributed by atoms with Crippen LogP contribution in [0.15, 0.2) is 71.7 Å². The lowest BCUT2D eigenvalue weighted by atomic mass is 9.97. The average Bonchev–Trinajstić information content (AvgIpc) is 3.75. The molecular weight excluding hydrogens is 550 g/mol. The Bertz CT molecular complexity index is 1440. The van der Waals surface area contributed by atoms with Gasteiger partial charge in [-0.05, 0) is 72.4 Å². The fourth-order valence-corrected chi connectivity index (χ4v) is 5.38. The second-order valence-corrected chi connectivity index (χ2v) is 14.2. The lowest BCUT2D eigenvalue weighted by molar-refractivity contribution is -0.158. The Morgan fingerprint density at radius 2 is 1.40 bits per heavy atom. The molecule has 1 heterocycles. The van der Waals surface area contributed by atoms with E-state index in [9.17, 15) is 18.0 Å². The highest BCUT2D eigenvalue weighted by atomic mass is 32.2. The zero-order chi connectivity index (χ0) is 31.7. The van der Waals surface area contributed by atoms with Crippen LogP contribution >= 0.6 is 0 Å². The van der Waals surface area contributed by atoms with Gasteiger partial charge in [-0.15, -0.1) is 0 Å². The smallest absolute Gasteiger partial charge is 0.308 e. The number of rotatable bonds is 7. The van der Waals surface area contributed by atoms with Crippen molar-refractivity contribution in [3.8, 4) is 22.3 Å². The average molecular weight is 598 g/mol. The van der Waals surface area contributed by atoms with Crippen LogP contribution in [-0.4, -0.2) is 41.1 Å². The minimum atomic E-state index is -2.94. The second kappa shape index (κ2) is 15.3. The van der Waals surface area contributed by atoms with Gasteiger partial charge in [-0.2, -0.15) is 5.10 Å². The number of hydrogen-bond acceptors (Lipinski definition) is 6. The van der Waals surface area contributed by atoms with Gasteiger partial charge in [-0.25, -0.2) is 17.8 Å². The summed E-state index contributed by atoms with van der Waals surface area (Å²) in [5, 5.41) is 4.26. The quantitative estimate of drug-likeness (QED) is 0.307. The predicted octanol–water partition coefficient (Wildman–Crippen LogP) is 6.62. The number of benzene rings is 2. The number of nitrogens with one attached hydrogen (secondary N) is 1. The molecule has 1 N–H and O–H groups in total. The van der Waals surface area contributed by atoms with E-state index < -0.39 is 10.0 Å². The van der Waals surface area contributed by atoms with Crippen molar-refractivity contribution in [1.29, 1.82) is 0 Å². The van der Waals surface area contributed by atoms with E-state index in [0.717, 1.165) is 29.5 Å². The molecule has 0 amide bonds. The third-order valence-electron chi connectivity index (χ3n) is 5.88. The molecule has 0 aliphatic heterocycles. The van der Waals surface area contributed by atoms with E-state index in [1.54, 1.807) is 6.20 Å². The van der Waals surface area contributed by atoms with Crippen LogP contribution in [0.3, 0.4) is 0 Å². The molecule has 0 radical (unpaired) electrons. The molecule has 0 saturated heterocycles. The summed E-state index contributed by atoms with van der Waals surface area (Å²) in [6.45, 7) is 16.9. The maximum atomic E-state index is 12.9. The van der Waals surface area contributed by atoms with Gasteiger partial charge in [0.05, 0.1) is 29.0 Å². The molecule has 1 saturated carbocycles. The fourth-order valence-electron chi connectivity index (χ4n) is 3.78. The Morgan fingerprint density at radius 1 is 0.905 bits per heavy atom. The summed E-state index contributed by atoms with van der Waals surface area (Å²) in [6.07, 6.45) is 3.46. The van der Waals surface area contributed by atoms with E-state index in [0.29, 0.717) is 5.56 Å². The molecule has 0 bridgehead atoms. The SMILES string of the molecule is CC(C)C(=O)OC(C)(C)C.CC(C)NS(=O)(=O)C1CC1.CC(C)n1ncc(-c2ccccc2)c(-c2ccccc2)c1=O. The number of ether oxygens (including phenoxy) is 1. The minimum absolute atomic E-state index is 0.0276. The molecule has 1 aliphatic rings. The first-order valence-electron chi connectivity index (χ1n) is 14.5. The molecule has 3 aromatic rings. The fraction of sp³-hybridized carbons (Fsp3) is 0.485. The molecule has 0 atom stereocenters. The molecule has 2 aromatic carbocycles. The van der Waals surface area contributed by atoms with E-state index in [1.807, 2.05) is 123 Å². The second-order valence-electron chi connectivity index (χ2n) is 12.2. The summed E-state index contributed by atoms with van der Waals surface area (Å²) in [6, 6.07) is 19.8. The number of carbonyl (C=O) groups excluding carboxylic acids is 1. The van der Waals surface area contributed by atoms with E-state index in [-0.39, 0.29) is 40.4 Å². The number of carbonyl (C=O) groups is 1. The number of nitrogens with zero attached hydrogens (tertiary/aromatic N) is 2. The Morgan fingerprint density at radius 3 is 1.79 bits per heavy atom. The van der Waals surface area contributed by atoms with Gasteiger partial charge in [-0.1, -0.05) is 74.5 Å². The Hall–Kier alpha value is -3.30. The van der Waals surface area contributed by atoms with Crippen molar-refractivity contribution in [1.82, 2.24) is 14.5 Å². The number of esters is 1. The summed E-state index contributed by atoms with van der Waals surface area (Å²) >= 11 is 0. The van der Waals surface area contributed by atoms with Gasteiger partial charge in [-0.3, -0.25) is 9.59 Å². The number of sulfonamides is 1. The van der Waals surface area contributed by atoms with Gasteiger partial charge >= 0.3 is 5.97 Å². The van der Waals surface area contributed by atoms with Gasteiger partial charge in [0, 0.05) is 11.6 Å². The maximum Gasteiger partial charge on any atom is 0.308 e. The van der Waals surface area contributed by atoms with Gasteiger partial charge in [0.2, 0.25) is 10.0 Å². The van der Waals surface area contributed by atoms with E-state index in [1.165, 1.54) is 4.68 Å². The van der Waals surface area contributed by atoms with Crippen LogP contribution in [0.4, 0.5) is 0 Å². The number of aromatic nitrogens is 2. The summed E-state index contributed by atoms with van der Waals surface area (Å²) in [5.74, 6) is -0.160. The molecule has 1 aromatic heterocycles. The van der Waals surface area contributed by atoms with Crippen LogP contribution in [0, 0.1) is 5.92 Å². The van der Waals surface area contributed by atoms with Crippen LogP contribution in [0.1, 0.15) is 81.2 Å². The van der Waals surface area contributed by atoms with Gasteiger partial charge in [0.25, 0.3) is 5.56 Å². The molecule has 8 nitrogen and oxygen atoms in total. The molecule has 4 rings (SSSR count). The van der Waals surface area contributed by atoms with Gasteiger partial charge < -0.3 is 4.74 Å². The molecule has 1 aliphatic carbocycles. The highest BCUT2D eigenvalue weighted by Crippen LogP contribution is 2.29. The molecule has 230 valence electrons. The van der Waals surface area contributed by atoms with Crippen molar-refractivity contribution in [2.75, 3.05) is 0 Å². The monoisotopic (exact) mass is 597 g/mol. The van der Waals surface area contributed by atoms with Crippen molar-refractivity contribution >= 4 is 16.0 Å². The summed E-state index contributed by atoms with van der Waals surface area (Å²) in [5.41, 5.74) is 3.10. The molecular formula is C33H47N3O5S. The topological polar surface area (TPSA) is 107 Å². The Kier molecular flexibility index (Phi) is 12.7. The molecule has 1 fully saturated rings. The van der Waals surface area contributed by atoms with E-state index in [4.69, 9.17) is 4.74 Å². The van der Waals surface area contributed by atoms with E-state index >= 15 is 0 Å². The Labute approximate surface area is 251 Å². The van der Waals surface area contributed by atoms with Crippen molar-refractivity contribution in [2.24, 2.45) is 5.92 Å². The van der Waals surface area contributed by atoms with E-state index in [2.05, 4.69) is 9.82 Å². The van der Waals surface area contributed by atoms with Crippen LogP contribution in [0.25, 0.3) is 22.3 Å². The third-order valence-corrected chi connectivity index (χ3v) is 8.03. The van der Waals surface area contributed by atoms with Crippen LogP contribution in [0.2, 0.25) is 0 Å². The van der Waals surface area contributed by atoms with Crippen molar-refractivity contribution in [3.05, 3.63) is 77.2 Å². The third kappa shape index (κ3) is 11.2. The Balaban J connectivity index is 0.000000257. The maximum absolute atomic E-state index is 12.9. The zero-order valence-corrected chi connectivity index (χ0v) is 27.2. The summed E-state index contributed by atoms with van der Waals surface area (Å²) in [4.78, 5) is 23.8. The van der Waals surface area contributed by atoms with Crippen molar-refractivity contribution in [2.45, 2.75) is 98.1 Å². The van der Waals surface area contributed by atoms with Crippen molar-refractivity contribution < 1.29 is 17.9 Å². The first-order valence-corrected chi connectivity index (χ1v) is 16.0. The normalized spacial score (nSPS) is 13.2. The first-order chi connectivity index (χ1) is 19.5. The molecule has 9 heteroatoms. The highest BCUT2D eigenvalue weighted by Gasteiger charge is 2.35. The minimum Gasteiger partial charge on any atom is -0.460 e. The first kappa shape index (κ1) is 34.9. The lowest BCUT2D eigenvalue weighted by Gasteiger charge is -2.20. The van der Waals surface area contributed by atoms with Gasteiger partial charge in [0.15, 0.2) is 0 Å². The van der Waals surface area contributed by atoms with Crippen LogP contribution in [-0.2, 0) is 19.6 Å². The van der Waals surface area contributed by atoms with Crippen LogP contribution in [0.5, 0.6) is 0 Å². The molecule has 0 unspecified atom stereocenters. The summed E-state index contributed by atoms with van der Waals surface area (Å²) < 4.78 is 31.3. The van der Waals surface area contributed by atoms with Crippen LogP contribution < -0.4 is 10.3 Å². The standard InChI is InChI=1S/C19H18N2O.C8H16O2.C6H13NO2S/c1-14(2)21-19(22)18(16-11-7-4-8-12-16)17(13-20-21)15-9-5-3-6-10-15;1-6(2)7(9)10-8(3,4)5;1-5(2)7-10(8,9)6-3-4-6/h3-14H,1-2H3;6H,1-5H3;5-7H,3-4H2,1-2H3. The highest BCUT2D eigenvalue weighted by molar-refractivity contribution is 7.90. The zero-order valence-electron chi connectivity index (χ0n) is 26.4. The van der Waals surface area contributed by atoms with Crippen molar-refractivity contribution in [3.63, 3.8) is 0 Å².